The number of pyridine rings is 1. The van der Waals surface area contributed by atoms with Crippen LogP contribution in [-0.2, 0) is 6.42 Å². The van der Waals surface area contributed by atoms with Gasteiger partial charge in [0.2, 0.25) is 0 Å². The van der Waals surface area contributed by atoms with Crippen LogP contribution in [0.25, 0.3) is 0 Å². The van der Waals surface area contributed by atoms with Crippen LogP contribution in [0.15, 0.2) is 61.1 Å². The van der Waals surface area contributed by atoms with Crippen LogP contribution in [0.3, 0.4) is 0 Å². The molecule has 0 spiro atoms. The molecule has 0 amide bonds. The molecule has 4 nitrogen and oxygen atoms in total. The highest BCUT2D eigenvalue weighted by Crippen LogP contribution is 2.47. The summed E-state index contributed by atoms with van der Waals surface area (Å²) >= 11 is 0. The number of hydrogen-bond acceptors (Lipinski definition) is 4. The zero-order valence-electron chi connectivity index (χ0n) is 14.0. The lowest BCUT2D eigenvalue weighted by atomic mass is 9.74. The van der Waals surface area contributed by atoms with Crippen molar-refractivity contribution >= 4 is 0 Å². The molecule has 0 saturated heterocycles. The summed E-state index contributed by atoms with van der Waals surface area (Å²) in [5, 5.41) is 12.9. The van der Waals surface area contributed by atoms with E-state index in [1.807, 2.05) is 24.7 Å². The summed E-state index contributed by atoms with van der Waals surface area (Å²) in [5.74, 6) is 0.155. The largest absolute Gasteiger partial charge is 0.302 e. The van der Waals surface area contributed by atoms with Crippen molar-refractivity contribution in [1.29, 1.82) is 0 Å². The Morgan fingerprint density at radius 3 is 2.68 bits per heavy atom. The quantitative estimate of drug-likeness (QED) is 0.779. The van der Waals surface area contributed by atoms with E-state index in [-0.39, 0.29) is 12.0 Å². The molecule has 25 heavy (non-hydrogen) atoms. The minimum absolute atomic E-state index is 0.155. The number of aromatic nitrogens is 3. The van der Waals surface area contributed by atoms with Crippen LogP contribution in [0, 0.1) is 0 Å². The zero-order chi connectivity index (χ0) is 16.6. The Morgan fingerprint density at radius 1 is 0.960 bits per heavy atom. The van der Waals surface area contributed by atoms with Gasteiger partial charge in [-0.1, -0.05) is 36.4 Å². The molecule has 3 unspecified atom stereocenters. The second-order valence-electron chi connectivity index (χ2n) is 6.93. The molecule has 0 saturated carbocycles. The molecule has 4 heteroatoms. The van der Waals surface area contributed by atoms with Gasteiger partial charge in [0.05, 0.1) is 11.9 Å². The fourth-order valence-electron chi connectivity index (χ4n) is 4.42. The van der Waals surface area contributed by atoms with Crippen LogP contribution >= 0.6 is 0 Å². The molecule has 3 atom stereocenters. The van der Waals surface area contributed by atoms with E-state index in [0.29, 0.717) is 6.04 Å². The van der Waals surface area contributed by atoms with Crippen molar-refractivity contribution in [2.24, 2.45) is 0 Å². The first kappa shape index (κ1) is 14.7. The standard InChI is InChI=1S/C21H20N4/c1-2-6-14(7-3-1)19-20(16-9-5-11-22-12-16)24-17-10-4-8-15-13-23-25-21(19)18(15)17/h1-3,5-7,9,11-13,17,19-20,24H,4,8,10H2. The molecule has 1 aliphatic carbocycles. The third-order valence-electron chi connectivity index (χ3n) is 5.50. The van der Waals surface area contributed by atoms with Crippen molar-refractivity contribution in [3.63, 3.8) is 0 Å². The van der Waals surface area contributed by atoms with Gasteiger partial charge in [-0.2, -0.15) is 10.2 Å². The second kappa shape index (κ2) is 6.05. The molecule has 2 aromatic heterocycles. The van der Waals surface area contributed by atoms with Crippen LogP contribution in [0.4, 0.5) is 0 Å². The molecule has 0 bridgehead atoms. The Hall–Kier alpha value is -2.59. The number of nitrogens with zero attached hydrogens (tertiary/aromatic N) is 3. The SMILES string of the molecule is c1ccc(C2c3nncc4c3C(CCC4)NC2c2cccnc2)cc1. The van der Waals surface area contributed by atoms with Crippen LogP contribution in [0.2, 0.25) is 0 Å². The van der Waals surface area contributed by atoms with Crippen LogP contribution in [0.5, 0.6) is 0 Å². The van der Waals surface area contributed by atoms with Gasteiger partial charge in [0, 0.05) is 30.4 Å². The smallest absolute Gasteiger partial charge is 0.0775 e. The van der Waals surface area contributed by atoms with E-state index in [9.17, 15) is 0 Å². The Bertz CT molecular complexity index is 879. The molecule has 3 heterocycles. The van der Waals surface area contributed by atoms with Gasteiger partial charge in [-0.3, -0.25) is 4.98 Å². The maximum atomic E-state index is 4.64. The Kier molecular flexibility index (Phi) is 3.56. The average molecular weight is 328 g/mol. The van der Waals surface area contributed by atoms with Crippen LogP contribution < -0.4 is 5.32 Å². The van der Waals surface area contributed by atoms with Crippen molar-refractivity contribution in [3.8, 4) is 0 Å². The summed E-state index contributed by atoms with van der Waals surface area (Å²) in [5.41, 5.74) is 6.37. The van der Waals surface area contributed by atoms with E-state index in [4.69, 9.17) is 0 Å². The highest BCUT2D eigenvalue weighted by Gasteiger charge is 2.40. The molecule has 124 valence electrons. The van der Waals surface area contributed by atoms with Crippen molar-refractivity contribution in [2.45, 2.75) is 37.3 Å². The minimum atomic E-state index is 0.155. The summed E-state index contributed by atoms with van der Waals surface area (Å²) in [6.45, 7) is 0. The van der Waals surface area contributed by atoms with E-state index in [1.54, 1.807) is 0 Å². The van der Waals surface area contributed by atoms with E-state index < -0.39 is 0 Å². The maximum absolute atomic E-state index is 4.64. The van der Waals surface area contributed by atoms with Gasteiger partial charge < -0.3 is 5.32 Å². The fourth-order valence-corrected chi connectivity index (χ4v) is 4.42. The number of hydrogen-bond donors (Lipinski definition) is 1. The predicted octanol–water partition coefficient (Wildman–Crippen LogP) is 3.73. The zero-order valence-corrected chi connectivity index (χ0v) is 14.0. The Labute approximate surface area is 147 Å². The predicted molar refractivity (Wildman–Crippen MR) is 96.1 cm³/mol. The molecule has 1 aliphatic heterocycles. The Balaban J connectivity index is 1.72. The first-order chi connectivity index (χ1) is 12.4. The number of aryl methyl sites for hydroxylation is 1. The van der Waals surface area contributed by atoms with Gasteiger partial charge in [0.1, 0.15) is 0 Å². The monoisotopic (exact) mass is 328 g/mol. The maximum Gasteiger partial charge on any atom is 0.0775 e. The van der Waals surface area contributed by atoms with Crippen molar-refractivity contribution in [1.82, 2.24) is 20.5 Å². The Morgan fingerprint density at radius 2 is 1.84 bits per heavy atom. The van der Waals surface area contributed by atoms with Crippen LogP contribution in [-0.4, -0.2) is 15.2 Å². The fraction of sp³-hybridized carbons (Fsp3) is 0.286. The highest BCUT2D eigenvalue weighted by molar-refractivity contribution is 5.45. The lowest BCUT2D eigenvalue weighted by Gasteiger charge is -2.41. The van der Waals surface area contributed by atoms with Crippen molar-refractivity contribution in [2.75, 3.05) is 0 Å². The third-order valence-corrected chi connectivity index (χ3v) is 5.50. The molecular formula is C21H20N4. The van der Waals surface area contributed by atoms with Crippen molar-refractivity contribution in [3.05, 3.63) is 89.0 Å². The summed E-state index contributed by atoms with van der Waals surface area (Å²) in [6.07, 6.45) is 9.22. The molecule has 1 aromatic carbocycles. The normalized spacial score (nSPS) is 24.6. The molecule has 2 aliphatic rings. The summed E-state index contributed by atoms with van der Waals surface area (Å²) in [4.78, 5) is 4.35. The molecule has 1 N–H and O–H groups in total. The highest BCUT2D eigenvalue weighted by atomic mass is 15.1. The molecule has 3 aromatic rings. The van der Waals surface area contributed by atoms with Gasteiger partial charge in [-0.15, -0.1) is 0 Å². The average Bonchev–Trinajstić information content (AvgIpc) is 2.69. The summed E-state index contributed by atoms with van der Waals surface area (Å²) < 4.78 is 0. The molecular weight excluding hydrogens is 308 g/mol. The molecule has 5 rings (SSSR count). The van der Waals surface area contributed by atoms with E-state index in [1.165, 1.54) is 28.7 Å². The summed E-state index contributed by atoms with van der Waals surface area (Å²) in [7, 11) is 0. The first-order valence-corrected chi connectivity index (χ1v) is 8.97. The number of benzene rings is 1. The van der Waals surface area contributed by atoms with E-state index in [2.05, 4.69) is 56.9 Å². The second-order valence-corrected chi connectivity index (χ2v) is 6.93. The van der Waals surface area contributed by atoms with Gasteiger partial charge in [-0.25, -0.2) is 0 Å². The lowest BCUT2D eigenvalue weighted by Crippen LogP contribution is -2.40. The van der Waals surface area contributed by atoms with Gasteiger partial charge in [-0.05, 0) is 47.6 Å². The van der Waals surface area contributed by atoms with E-state index in [0.717, 1.165) is 18.5 Å². The van der Waals surface area contributed by atoms with Crippen LogP contribution in [0.1, 0.15) is 58.8 Å². The van der Waals surface area contributed by atoms with Gasteiger partial charge in [0.15, 0.2) is 0 Å². The van der Waals surface area contributed by atoms with Gasteiger partial charge in [0.25, 0.3) is 0 Å². The third kappa shape index (κ3) is 2.45. The number of rotatable bonds is 2. The molecule has 0 radical (unpaired) electrons. The van der Waals surface area contributed by atoms with Gasteiger partial charge >= 0.3 is 0 Å². The molecule has 0 fully saturated rings. The lowest BCUT2D eigenvalue weighted by molar-refractivity contribution is 0.337. The van der Waals surface area contributed by atoms with E-state index >= 15 is 0 Å². The first-order valence-electron chi connectivity index (χ1n) is 8.97. The number of nitrogens with one attached hydrogen (secondary N) is 1. The van der Waals surface area contributed by atoms with Crippen molar-refractivity contribution < 1.29 is 0 Å². The topological polar surface area (TPSA) is 50.7 Å². The minimum Gasteiger partial charge on any atom is -0.302 e. The summed E-state index contributed by atoms with van der Waals surface area (Å²) in [6, 6.07) is 15.3.